The Morgan fingerprint density at radius 1 is 1.33 bits per heavy atom. The van der Waals surface area contributed by atoms with Crippen LogP contribution in [0.15, 0.2) is 21.5 Å². The number of amides is 1. The maximum Gasteiger partial charge on any atom is 0.341 e. The number of hydrogen-bond acceptors (Lipinski definition) is 6. The van der Waals surface area contributed by atoms with Gasteiger partial charge in [-0.25, -0.2) is 4.79 Å². The van der Waals surface area contributed by atoms with Crippen LogP contribution in [0.3, 0.4) is 0 Å². The molecule has 1 amide bonds. The van der Waals surface area contributed by atoms with Gasteiger partial charge >= 0.3 is 5.97 Å². The fraction of sp³-hybridized carbons (Fsp3) is 0.316. The number of hydrogen-bond donors (Lipinski definition) is 1. The van der Waals surface area contributed by atoms with Gasteiger partial charge in [-0.15, -0.1) is 22.7 Å². The van der Waals surface area contributed by atoms with Crippen LogP contribution in [-0.4, -0.2) is 18.5 Å². The predicted molar refractivity (Wildman–Crippen MR) is 111 cm³/mol. The van der Waals surface area contributed by atoms with Crippen molar-refractivity contribution in [3.63, 3.8) is 0 Å². The SMILES string of the molecule is CCOC(=O)c1c(NC(=O)C(C#N)=Cc2ccc(Br)s2)sc2c1CCCC2. The molecule has 0 aromatic carbocycles. The van der Waals surface area contributed by atoms with Crippen LogP contribution >= 0.6 is 38.6 Å². The first-order valence-electron chi connectivity index (χ1n) is 8.53. The van der Waals surface area contributed by atoms with Crippen molar-refractivity contribution in [3.8, 4) is 6.07 Å². The zero-order chi connectivity index (χ0) is 19.4. The Kier molecular flexibility index (Phi) is 6.47. The molecule has 1 N–H and O–H groups in total. The maximum atomic E-state index is 12.6. The molecule has 0 saturated carbocycles. The number of carbonyl (C=O) groups excluding carboxylic acids is 2. The molecule has 0 bridgehead atoms. The molecule has 2 heterocycles. The van der Waals surface area contributed by atoms with E-state index in [4.69, 9.17) is 4.74 Å². The van der Waals surface area contributed by atoms with Gasteiger partial charge in [0.05, 0.1) is 16.0 Å². The fourth-order valence-corrected chi connectivity index (χ4v) is 5.58. The summed E-state index contributed by atoms with van der Waals surface area (Å²) in [5, 5.41) is 12.6. The van der Waals surface area contributed by atoms with Gasteiger partial charge in [-0.3, -0.25) is 4.79 Å². The van der Waals surface area contributed by atoms with Crippen molar-refractivity contribution in [1.82, 2.24) is 0 Å². The molecule has 5 nitrogen and oxygen atoms in total. The molecule has 1 aliphatic carbocycles. The Bertz CT molecular complexity index is 953. The van der Waals surface area contributed by atoms with Crippen LogP contribution < -0.4 is 5.32 Å². The molecule has 0 aliphatic heterocycles. The van der Waals surface area contributed by atoms with Gasteiger partial charge in [0.25, 0.3) is 5.91 Å². The van der Waals surface area contributed by atoms with Gasteiger partial charge in [0.2, 0.25) is 0 Å². The number of nitrogens with zero attached hydrogens (tertiary/aromatic N) is 1. The summed E-state index contributed by atoms with van der Waals surface area (Å²) in [7, 11) is 0. The van der Waals surface area contributed by atoms with Gasteiger partial charge in [0.15, 0.2) is 0 Å². The summed E-state index contributed by atoms with van der Waals surface area (Å²) in [6, 6.07) is 5.63. The Hall–Kier alpha value is -1.95. The minimum atomic E-state index is -0.522. The minimum Gasteiger partial charge on any atom is -0.462 e. The van der Waals surface area contributed by atoms with Crippen LogP contribution in [-0.2, 0) is 22.4 Å². The summed E-state index contributed by atoms with van der Waals surface area (Å²) in [5.74, 6) is -0.942. The second-order valence-corrected chi connectivity index (χ2v) is 9.50. The van der Waals surface area contributed by atoms with Gasteiger partial charge in [-0.05, 0) is 72.3 Å². The smallest absolute Gasteiger partial charge is 0.341 e. The lowest BCUT2D eigenvalue weighted by Crippen LogP contribution is -2.16. The zero-order valence-corrected chi connectivity index (χ0v) is 17.9. The molecule has 27 heavy (non-hydrogen) atoms. The normalized spacial score (nSPS) is 13.6. The van der Waals surface area contributed by atoms with Crippen molar-refractivity contribution in [2.24, 2.45) is 0 Å². The quantitative estimate of drug-likeness (QED) is 0.375. The molecule has 2 aromatic heterocycles. The molecule has 0 fully saturated rings. The van der Waals surface area contributed by atoms with E-state index >= 15 is 0 Å². The zero-order valence-electron chi connectivity index (χ0n) is 14.6. The van der Waals surface area contributed by atoms with Crippen molar-refractivity contribution in [2.45, 2.75) is 32.6 Å². The number of nitrogens with one attached hydrogen (secondary N) is 1. The summed E-state index contributed by atoms with van der Waals surface area (Å²) < 4.78 is 6.11. The van der Waals surface area contributed by atoms with E-state index in [1.807, 2.05) is 18.2 Å². The first-order valence-corrected chi connectivity index (χ1v) is 11.0. The van der Waals surface area contributed by atoms with Crippen molar-refractivity contribution in [1.29, 1.82) is 5.26 Å². The Morgan fingerprint density at radius 2 is 2.11 bits per heavy atom. The Morgan fingerprint density at radius 3 is 2.78 bits per heavy atom. The summed E-state index contributed by atoms with van der Waals surface area (Å²) >= 11 is 6.20. The van der Waals surface area contributed by atoms with Crippen LogP contribution in [0.5, 0.6) is 0 Å². The van der Waals surface area contributed by atoms with Crippen LogP contribution in [0.25, 0.3) is 6.08 Å². The molecule has 0 unspecified atom stereocenters. The third-order valence-corrected chi connectivity index (χ3v) is 6.90. The fourth-order valence-electron chi connectivity index (χ4n) is 2.94. The number of ether oxygens (including phenoxy) is 1. The van der Waals surface area contributed by atoms with Crippen molar-refractivity contribution >= 4 is 61.6 Å². The summed E-state index contributed by atoms with van der Waals surface area (Å²) in [6.07, 6.45) is 5.33. The number of rotatable bonds is 5. The molecular weight excluding hydrogens is 448 g/mol. The number of anilines is 1. The average molecular weight is 465 g/mol. The molecule has 0 radical (unpaired) electrons. The van der Waals surface area contributed by atoms with Crippen molar-refractivity contribution < 1.29 is 14.3 Å². The van der Waals surface area contributed by atoms with Crippen LogP contribution in [0, 0.1) is 11.3 Å². The summed E-state index contributed by atoms with van der Waals surface area (Å²) in [4.78, 5) is 27.0. The highest BCUT2D eigenvalue weighted by Gasteiger charge is 2.27. The molecule has 0 saturated heterocycles. The summed E-state index contributed by atoms with van der Waals surface area (Å²) in [5.41, 5.74) is 1.41. The van der Waals surface area contributed by atoms with Crippen LogP contribution in [0.4, 0.5) is 5.00 Å². The van der Waals surface area contributed by atoms with E-state index in [1.165, 1.54) is 22.7 Å². The number of thiophene rings is 2. The van der Waals surface area contributed by atoms with Gasteiger partial charge < -0.3 is 10.1 Å². The van der Waals surface area contributed by atoms with E-state index in [-0.39, 0.29) is 12.2 Å². The summed E-state index contributed by atoms with van der Waals surface area (Å²) in [6.45, 7) is 2.03. The Balaban J connectivity index is 1.91. The number of aryl methyl sites for hydroxylation is 1. The third kappa shape index (κ3) is 4.49. The lowest BCUT2D eigenvalue weighted by atomic mass is 9.95. The molecule has 3 rings (SSSR count). The van der Waals surface area contributed by atoms with Gasteiger partial charge in [0, 0.05) is 9.75 Å². The molecular formula is C19H17BrN2O3S2. The highest BCUT2D eigenvalue weighted by Crippen LogP contribution is 2.38. The maximum absolute atomic E-state index is 12.6. The molecule has 0 atom stereocenters. The van der Waals surface area contributed by atoms with E-state index in [1.54, 1.807) is 13.0 Å². The lowest BCUT2D eigenvalue weighted by molar-refractivity contribution is -0.112. The number of halogens is 1. The van der Waals surface area contributed by atoms with Crippen LogP contribution in [0.2, 0.25) is 0 Å². The second kappa shape index (κ2) is 8.83. The molecule has 140 valence electrons. The van der Waals surface area contributed by atoms with E-state index in [2.05, 4.69) is 21.2 Å². The standard InChI is InChI=1S/C19H17BrN2O3S2/c1-2-25-19(24)16-13-5-3-4-6-14(13)27-18(16)22-17(23)11(10-21)9-12-7-8-15(20)26-12/h7-9H,2-6H2,1H3,(H,22,23). The van der Waals surface area contributed by atoms with Gasteiger partial charge in [-0.2, -0.15) is 5.26 Å². The van der Waals surface area contributed by atoms with E-state index in [0.717, 1.165) is 44.8 Å². The lowest BCUT2D eigenvalue weighted by Gasteiger charge is -2.12. The number of carbonyl (C=O) groups is 2. The second-order valence-electron chi connectivity index (χ2n) is 5.90. The molecule has 8 heteroatoms. The number of fused-ring (bicyclic) bond motifs is 1. The monoisotopic (exact) mass is 464 g/mol. The van der Waals surface area contributed by atoms with Crippen molar-refractivity contribution in [3.05, 3.63) is 42.4 Å². The Labute approximate surface area is 173 Å². The average Bonchev–Trinajstić information content (AvgIpc) is 3.22. The van der Waals surface area contributed by atoms with Gasteiger partial charge in [0.1, 0.15) is 16.6 Å². The highest BCUT2D eigenvalue weighted by atomic mass is 79.9. The topological polar surface area (TPSA) is 79.2 Å². The molecule has 1 aliphatic rings. The molecule has 0 spiro atoms. The van der Waals surface area contributed by atoms with E-state index in [0.29, 0.717) is 10.6 Å². The number of nitriles is 1. The first kappa shape index (κ1) is 19.8. The number of esters is 1. The predicted octanol–water partition coefficient (Wildman–Crippen LogP) is 5.17. The van der Waals surface area contributed by atoms with Crippen molar-refractivity contribution in [2.75, 3.05) is 11.9 Å². The van der Waals surface area contributed by atoms with Crippen LogP contribution in [0.1, 0.15) is 45.4 Å². The van der Waals surface area contributed by atoms with Gasteiger partial charge in [-0.1, -0.05) is 0 Å². The molecule has 2 aromatic rings. The van der Waals surface area contributed by atoms with E-state index in [9.17, 15) is 14.9 Å². The highest BCUT2D eigenvalue weighted by molar-refractivity contribution is 9.11. The third-order valence-electron chi connectivity index (χ3n) is 4.12. The largest absolute Gasteiger partial charge is 0.462 e. The minimum absolute atomic E-state index is 0.00877. The first-order chi connectivity index (χ1) is 13.0. The van der Waals surface area contributed by atoms with E-state index < -0.39 is 11.9 Å².